The Kier molecular flexibility index (Phi) is 3.69. The fourth-order valence-corrected chi connectivity index (χ4v) is 1.60. The minimum absolute atomic E-state index is 0.374. The van der Waals surface area contributed by atoms with Crippen molar-refractivity contribution in [3.05, 3.63) is 35.9 Å². The Balaban J connectivity index is 2.82. The van der Waals surface area contributed by atoms with E-state index >= 15 is 0 Å². The highest BCUT2D eigenvalue weighted by atomic mass is 16.1. The van der Waals surface area contributed by atoms with Crippen LogP contribution in [0.15, 0.2) is 30.3 Å². The number of carbonyl (C=O) groups is 1. The van der Waals surface area contributed by atoms with Crippen molar-refractivity contribution in [1.82, 2.24) is 0 Å². The highest BCUT2D eigenvalue weighted by Gasteiger charge is 2.14. The fraction of sp³-hybridized carbons (Fsp3) is 0.417. The summed E-state index contributed by atoms with van der Waals surface area (Å²) >= 11 is 0. The van der Waals surface area contributed by atoms with E-state index in [1.165, 1.54) is 5.56 Å². The van der Waals surface area contributed by atoms with Crippen LogP contribution in [0, 0.1) is 5.92 Å². The standard InChI is InChI=1S/C12H16O/c1-10(2)12(8-9-13)11-6-4-3-5-7-11/h3-7,9-10,12H,8H2,1-2H3. The maximum atomic E-state index is 10.5. The van der Waals surface area contributed by atoms with E-state index in [1.54, 1.807) is 0 Å². The van der Waals surface area contributed by atoms with Crippen LogP contribution in [-0.4, -0.2) is 6.29 Å². The van der Waals surface area contributed by atoms with Gasteiger partial charge in [-0.3, -0.25) is 0 Å². The molecule has 1 unspecified atom stereocenters. The smallest absolute Gasteiger partial charge is 0.120 e. The third-order valence-corrected chi connectivity index (χ3v) is 2.38. The van der Waals surface area contributed by atoms with Gasteiger partial charge in [0.15, 0.2) is 0 Å². The van der Waals surface area contributed by atoms with Crippen molar-refractivity contribution in [1.29, 1.82) is 0 Å². The van der Waals surface area contributed by atoms with E-state index < -0.39 is 0 Å². The van der Waals surface area contributed by atoms with Gasteiger partial charge in [0.2, 0.25) is 0 Å². The van der Waals surface area contributed by atoms with Crippen LogP contribution in [0.1, 0.15) is 31.7 Å². The molecular weight excluding hydrogens is 160 g/mol. The summed E-state index contributed by atoms with van der Waals surface area (Å²) in [5.74, 6) is 0.895. The number of carbonyl (C=O) groups excluding carboxylic acids is 1. The van der Waals surface area contributed by atoms with Crippen LogP contribution < -0.4 is 0 Å². The second kappa shape index (κ2) is 4.80. The summed E-state index contributed by atoms with van der Waals surface area (Å²) in [5, 5.41) is 0. The molecule has 0 radical (unpaired) electrons. The minimum Gasteiger partial charge on any atom is -0.303 e. The van der Waals surface area contributed by atoms with Crippen LogP contribution in [-0.2, 0) is 4.79 Å². The average Bonchev–Trinajstić information content (AvgIpc) is 2.15. The third kappa shape index (κ3) is 2.69. The second-order valence-electron chi connectivity index (χ2n) is 3.66. The van der Waals surface area contributed by atoms with Crippen molar-refractivity contribution in [3.63, 3.8) is 0 Å². The Bertz CT molecular complexity index is 251. The maximum Gasteiger partial charge on any atom is 0.120 e. The molecule has 1 aromatic rings. The molecule has 0 saturated heterocycles. The first-order valence-electron chi connectivity index (χ1n) is 4.74. The first-order chi connectivity index (χ1) is 6.25. The predicted molar refractivity (Wildman–Crippen MR) is 54.7 cm³/mol. The lowest BCUT2D eigenvalue weighted by Crippen LogP contribution is -2.06. The number of aldehydes is 1. The molecule has 0 aliphatic rings. The van der Waals surface area contributed by atoms with Crippen molar-refractivity contribution in [2.24, 2.45) is 5.92 Å². The minimum atomic E-state index is 0.374. The summed E-state index contributed by atoms with van der Waals surface area (Å²) < 4.78 is 0. The highest BCUT2D eigenvalue weighted by molar-refractivity contribution is 5.51. The van der Waals surface area contributed by atoms with Gasteiger partial charge in [0.05, 0.1) is 0 Å². The molecule has 0 aliphatic heterocycles. The molecule has 1 nitrogen and oxygen atoms in total. The molecule has 0 bridgehead atoms. The van der Waals surface area contributed by atoms with E-state index in [-0.39, 0.29) is 0 Å². The van der Waals surface area contributed by atoms with Gasteiger partial charge in [-0.15, -0.1) is 0 Å². The Morgan fingerprint density at radius 3 is 2.31 bits per heavy atom. The molecule has 0 heterocycles. The lowest BCUT2D eigenvalue weighted by Gasteiger charge is -2.18. The zero-order valence-corrected chi connectivity index (χ0v) is 8.23. The monoisotopic (exact) mass is 176 g/mol. The SMILES string of the molecule is CC(C)C(CC=O)c1ccccc1. The molecule has 0 spiro atoms. The molecule has 0 amide bonds. The van der Waals surface area contributed by atoms with Crippen molar-refractivity contribution in [3.8, 4) is 0 Å². The van der Waals surface area contributed by atoms with Crippen LogP contribution in [0.25, 0.3) is 0 Å². The lowest BCUT2D eigenvalue weighted by molar-refractivity contribution is -0.108. The van der Waals surface area contributed by atoms with Crippen LogP contribution in [0.2, 0.25) is 0 Å². The van der Waals surface area contributed by atoms with Crippen LogP contribution in [0.5, 0.6) is 0 Å². The Morgan fingerprint density at radius 2 is 1.85 bits per heavy atom. The van der Waals surface area contributed by atoms with Crippen LogP contribution in [0.3, 0.4) is 0 Å². The van der Waals surface area contributed by atoms with Gasteiger partial charge >= 0.3 is 0 Å². The summed E-state index contributed by atoms with van der Waals surface area (Å²) in [7, 11) is 0. The number of rotatable bonds is 4. The van der Waals surface area contributed by atoms with Gasteiger partial charge in [-0.25, -0.2) is 0 Å². The third-order valence-electron chi connectivity index (χ3n) is 2.38. The zero-order chi connectivity index (χ0) is 9.68. The molecule has 0 aliphatic carbocycles. The van der Waals surface area contributed by atoms with Gasteiger partial charge in [-0.2, -0.15) is 0 Å². The van der Waals surface area contributed by atoms with E-state index in [0.29, 0.717) is 18.3 Å². The second-order valence-corrected chi connectivity index (χ2v) is 3.66. The molecule has 0 aromatic heterocycles. The molecule has 1 rings (SSSR count). The topological polar surface area (TPSA) is 17.1 Å². The summed E-state index contributed by atoms with van der Waals surface area (Å²) in [6, 6.07) is 10.2. The van der Waals surface area contributed by atoms with E-state index in [1.807, 2.05) is 18.2 Å². The maximum absolute atomic E-state index is 10.5. The fourth-order valence-electron chi connectivity index (χ4n) is 1.60. The molecule has 0 N–H and O–H groups in total. The van der Waals surface area contributed by atoms with Crippen molar-refractivity contribution < 1.29 is 4.79 Å². The largest absolute Gasteiger partial charge is 0.303 e. The van der Waals surface area contributed by atoms with E-state index in [2.05, 4.69) is 26.0 Å². The molecule has 1 aromatic carbocycles. The van der Waals surface area contributed by atoms with Crippen molar-refractivity contribution in [2.75, 3.05) is 0 Å². The number of benzene rings is 1. The van der Waals surface area contributed by atoms with Gasteiger partial charge in [0.25, 0.3) is 0 Å². The number of hydrogen-bond acceptors (Lipinski definition) is 1. The summed E-state index contributed by atoms with van der Waals surface area (Å²) in [5.41, 5.74) is 1.27. The van der Waals surface area contributed by atoms with Gasteiger partial charge in [-0.05, 0) is 17.4 Å². The summed E-state index contributed by atoms with van der Waals surface area (Å²) in [6.07, 6.45) is 1.64. The van der Waals surface area contributed by atoms with Gasteiger partial charge in [0, 0.05) is 6.42 Å². The Hall–Kier alpha value is -1.11. The Morgan fingerprint density at radius 1 is 1.23 bits per heavy atom. The first-order valence-corrected chi connectivity index (χ1v) is 4.74. The molecule has 70 valence electrons. The first kappa shape index (κ1) is 9.97. The highest BCUT2D eigenvalue weighted by Crippen LogP contribution is 2.26. The molecule has 0 saturated carbocycles. The summed E-state index contributed by atoms with van der Waals surface area (Å²) in [6.45, 7) is 4.31. The van der Waals surface area contributed by atoms with Crippen LogP contribution >= 0.6 is 0 Å². The van der Waals surface area contributed by atoms with Crippen molar-refractivity contribution >= 4 is 6.29 Å². The van der Waals surface area contributed by atoms with Gasteiger partial charge < -0.3 is 4.79 Å². The predicted octanol–water partition coefficient (Wildman–Crippen LogP) is 3.02. The molecule has 1 heteroatoms. The summed E-state index contributed by atoms with van der Waals surface area (Å²) in [4.78, 5) is 10.5. The number of hydrogen-bond donors (Lipinski definition) is 0. The molecular formula is C12H16O. The molecule has 13 heavy (non-hydrogen) atoms. The Labute approximate surface area is 79.8 Å². The lowest BCUT2D eigenvalue weighted by atomic mass is 9.86. The van der Waals surface area contributed by atoms with Gasteiger partial charge in [-0.1, -0.05) is 44.2 Å². The molecule has 1 atom stereocenters. The quantitative estimate of drug-likeness (QED) is 0.644. The molecule has 0 fully saturated rings. The van der Waals surface area contributed by atoms with Crippen LogP contribution in [0.4, 0.5) is 0 Å². The van der Waals surface area contributed by atoms with E-state index in [4.69, 9.17) is 0 Å². The normalized spacial score (nSPS) is 12.8. The average molecular weight is 176 g/mol. The van der Waals surface area contributed by atoms with Gasteiger partial charge in [0.1, 0.15) is 6.29 Å². The van der Waals surface area contributed by atoms with E-state index in [9.17, 15) is 4.79 Å². The van der Waals surface area contributed by atoms with E-state index in [0.717, 1.165) is 6.29 Å². The van der Waals surface area contributed by atoms with Crippen molar-refractivity contribution in [2.45, 2.75) is 26.2 Å². The zero-order valence-electron chi connectivity index (χ0n) is 8.23.